The van der Waals surface area contributed by atoms with Crippen molar-refractivity contribution in [1.29, 1.82) is 0 Å². The van der Waals surface area contributed by atoms with Gasteiger partial charge in [0.2, 0.25) is 11.8 Å². The van der Waals surface area contributed by atoms with Gasteiger partial charge in [-0.25, -0.2) is 4.39 Å². The fourth-order valence-electron chi connectivity index (χ4n) is 2.73. The van der Waals surface area contributed by atoms with Gasteiger partial charge in [0.15, 0.2) is 0 Å². The third-order valence-corrected chi connectivity index (χ3v) is 4.01. The molecule has 4 rings (SSSR count). The maximum atomic E-state index is 13.0. The van der Waals surface area contributed by atoms with Gasteiger partial charge in [0, 0.05) is 11.6 Å². The van der Waals surface area contributed by atoms with Crippen molar-refractivity contribution < 1.29 is 18.3 Å². The fraction of sp³-hybridized carbons (Fsp3) is 0.222. The molecule has 0 amide bonds. The Labute approximate surface area is 143 Å². The van der Waals surface area contributed by atoms with E-state index >= 15 is 0 Å². The Morgan fingerprint density at radius 3 is 2.80 bits per heavy atom. The van der Waals surface area contributed by atoms with Crippen LogP contribution in [0.3, 0.4) is 0 Å². The molecular weight excluding hydrogens is 325 g/mol. The molecule has 0 unspecified atom stereocenters. The average molecular weight is 341 g/mol. The van der Waals surface area contributed by atoms with Crippen molar-refractivity contribution in [1.82, 2.24) is 10.2 Å². The second kappa shape index (κ2) is 6.43. The number of benzene rings is 2. The summed E-state index contributed by atoms with van der Waals surface area (Å²) in [6, 6.07) is 11.6. The first-order valence-electron chi connectivity index (χ1n) is 7.87. The largest absolute Gasteiger partial charge is 0.497 e. The van der Waals surface area contributed by atoms with Gasteiger partial charge >= 0.3 is 0 Å². The molecule has 128 valence electrons. The number of methoxy groups -OCH3 is 1. The van der Waals surface area contributed by atoms with E-state index in [9.17, 15) is 4.39 Å². The standard InChI is InChI=1S/C18H16FN3O3/c1-23-14-6-7-16-15(10-14)22(8-9-24-16)11-17-20-21-18(25-17)12-2-4-13(19)5-3-12/h2-7,10H,8-9,11H2,1H3. The zero-order valence-corrected chi connectivity index (χ0v) is 13.6. The van der Waals surface area contributed by atoms with E-state index in [-0.39, 0.29) is 5.82 Å². The molecule has 0 N–H and O–H groups in total. The Morgan fingerprint density at radius 2 is 2.00 bits per heavy atom. The van der Waals surface area contributed by atoms with Gasteiger partial charge in [0.1, 0.15) is 23.9 Å². The lowest BCUT2D eigenvalue weighted by Crippen LogP contribution is -2.32. The molecular formula is C18H16FN3O3. The number of aromatic nitrogens is 2. The molecule has 25 heavy (non-hydrogen) atoms. The van der Waals surface area contributed by atoms with Gasteiger partial charge < -0.3 is 18.8 Å². The van der Waals surface area contributed by atoms with Crippen LogP contribution in [-0.4, -0.2) is 30.5 Å². The van der Waals surface area contributed by atoms with Gasteiger partial charge in [-0.05, 0) is 36.4 Å². The molecule has 0 atom stereocenters. The Kier molecular flexibility index (Phi) is 3.97. The van der Waals surface area contributed by atoms with Crippen molar-refractivity contribution in [2.24, 2.45) is 0 Å². The summed E-state index contributed by atoms with van der Waals surface area (Å²) in [5, 5.41) is 8.15. The zero-order valence-electron chi connectivity index (χ0n) is 13.6. The van der Waals surface area contributed by atoms with Crippen LogP contribution in [0, 0.1) is 5.82 Å². The third kappa shape index (κ3) is 3.13. The van der Waals surface area contributed by atoms with Crippen molar-refractivity contribution in [3.8, 4) is 23.0 Å². The highest BCUT2D eigenvalue weighted by molar-refractivity contribution is 5.62. The van der Waals surface area contributed by atoms with E-state index < -0.39 is 0 Å². The Hall–Kier alpha value is -3.09. The van der Waals surface area contributed by atoms with E-state index in [1.165, 1.54) is 12.1 Å². The van der Waals surface area contributed by atoms with Crippen molar-refractivity contribution in [2.45, 2.75) is 6.54 Å². The maximum absolute atomic E-state index is 13.0. The van der Waals surface area contributed by atoms with Gasteiger partial charge in [-0.15, -0.1) is 10.2 Å². The smallest absolute Gasteiger partial charge is 0.247 e. The first-order valence-corrected chi connectivity index (χ1v) is 7.87. The van der Waals surface area contributed by atoms with Crippen LogP contribution in [0.25, 0.3) is 11.5 Å². The molecule has 7 heteroatoms. The van der Waals surface area contributed by atoms with Gasteiger partial charge in [-0.3, -0.25) is 0 Å². The number of fused-ring (bicyclic) bond motifs is 1. The molecule has 2 aromatic carbocycles. The third-order valence-electron chi connectivity index (χ3n) is 4.01. The number of rotatable bonds is 4. The van der Waals surface area contributed by atoms with Crippen molar-refractivity contribution in [3.63, 3.8) is 0 Å². The first-order chi connectivity index (χ1) is 12.2. The molecule has 0 bridgehead atoms. The number of ether oxygens (including phenoxy) is 2. The Balaban J connectivity index is 1.57. The molecule has 2 heterocycles. The Morgan fingerprint density at radius 1 is 1.16 bits per heavy atom. The summed E-state index contributed by atoms with van der Waals surface area (Å²) in [4.78, 5) is 2.10. The van der Waals surface area contributed by atoms with Gasteiger partial charge in [0.05, 0.1) is 25.9 Å². The second-order valence-corrected chi connectivity index (χ2v) is 5.61. The topological polar surface area (TPSA) is 60.6 Å². The molecule has 0 spiro atoms. The van der Waals surface area contributed by atoms with Gasteiger partial charge in [-0.2, -0.15) is 0 Å². The SMILES string of the molecule is COc1ccc2c(c1)N(Cc1nnc(-c3ccc(F)cc3)o1)CCO2. The second-order valence-electron chi connectivity index (χ2n) is 5.61. The summed E-state index contributed by atoms with van der Waals surface area (Å²) in [5.41, 5.74) is 1.61. The molecule has 0 aliphatic carbocycles. The monoisotopic (exact) mass is 341 g/mol. The van der Waals surface area contributed by atoms with E-state index in [4.69, 9.17) is 13.9 Å². The van der Waals surface area contributed by atoms with Crippen molar-refractivity contribution >= 4 is 5.69 Å². The maximum Gasteiger partial charge on any atom is 0.247 e. The number of nitrogens with zero attached hydrogens (tertiary/aromatic N) is 3. The van der Waals surface area contributed by atoms with Gasteiger partial charge in [0.25, 0.3) is 0 Å². The molecule has 1 aliphatic heterocycles. The van der Waals surface area contributed by atoms with Crippen LogP contribution >= 0.6 is 0 Å². The van der Waals surface area contributed by atoms with Crippen LogP contribution in [0.5, 0.6) is 11.5 Å². The minimum Gasteiger partial charge on any atom is -0.497 e. The molecule has 3 aromatic rings. The van der Waals surface area contributed by atoms with Crippen LogP contribution in [0.2, 0.25) is 0 Å². The molecule has 0 saturated heterocycles. The summed E-state index contributed by atoms with van der Waals surface area (Å²) in [5.74, 6) is 2.10. The van der Waals surface area contributed by atoms with Crippen LogP contribution in [0.4, 0.5) is 10.1 Å². The highest BCUT2D eigenvalue weighted by Crippen LogP contribution is 2.35. The van der Waals surface area contributed by atoms with Crippen molar-refractivity contribution in [3.05, 3.63) is 54.2 Å². The lowest BCUT2D eigenvalue weighted by Gasteiger charge is -2.30. The average Bonchev–Trinajstić information content (AvgIpc) is 3.11. The van der Waals surface area contributed by atoms with E-state index in [2.05, 4.69) is 15.1 Å². The van der Waals surface area contributed by atoms with E-state index in [1.807, 2.05) is 18.2 Å². The summed E-state index contributed by atoms with van der Waals surface area (Å²) in [6.07, 6.45) is 0. The summed E-state index contributed by atoms with van der Waals surface area (Å²) < 4.78 is 29.7. The van der Waals surface area contributed by atoms with E-state index in [0.29, 0.717) is 37.0 Å². The molecule has 0 fully saturated rings. The molecule has 6 nitrogen and oxygen atoms in total. The molecule has 0 saturated carbocycles. The predicted molar refractivity (Wildman–Crippen MR) is 89.2 cm³/mol. The lowest BCUT2D eigenvalue weighted by molar-refractivity contribution is 0.303. The Bertz CT molecular complexity index is 880. The minimum atomic E-state index is -0.303. The highest BCUT2D eigenvalue weighted by Gasteiger charge is 2.21. The summed E-state index contributed by atoms with van der Waals surface area (Å²) >= 11 is 0. The fourth-order valence-corrected chi connectivity index (χ4v) is 2.73. The van der Waals surface area contributed by atoms with Crippen molar-refractivity contribution in [2.75, 3.05) is 25.2 Å². The highest BCUT2D eigenvalue weighted by atomic mass is 19.1. The first kappa shape index (κ1) is 15.4. The van der Waals surface area contributed by atoms with E-state index in [1.54, 1.807) is 19.2 Å². The van der Waals surface area contributed by atoms with Crippen LogP contribution in [0.15, 0.2) is 46.9 Å². The zero-order chi connectivity index (χ0) is 17.2. The molecule has 1 aromatic heterocycles. The van der Waals surface area contributed by atoms with Crippen LogP contribution in [-0.2, 0) is 6.54 Å². The van der Waals surface area contributed by atoms with E-state index in [0.717, 1.165) is 17.2 Å². The molecule has 1 aliphatic rings. The van der Waals surface area contributed by atoms with Gasteiger partial charge in [-0.1, -0.05) is 0 Å². The summed E-state index contributed by atoms with van der Waals surface area (Å²) in [7, 11) is 1.63. The normalized spacial score (nSPS) is 13.3. The number of hydrogen-bond donors (Lipinski definition) is 0. The number of anilines is 1. The number of halogens is 1. The van der Waals surface area contributed by atoms with Crippen LogP contribution < -0.4 is 14.4 Å². The lowest BCUT2D eigenvalue weighted by atomic mass is 10.2. The minimum absolute atomic E-state index is 0.303. The molecule has 0 radical (unpaired) electrons. The number of hydrogen-bond acceptors (Lipinski definition) is 6. The summed E-state index contributed by atoms with van der Waals surface area (Å²) in [6.45, 7) is 1.74. The predicted octanol–water partition coefficient (Wildman–Crippen LogP) is 3.28. The van der Waals surface area contributed by atoms with Crippen LogP contribution in [0.1, 0.15) is 5.89 Å². The quantitative estimate of drug-likeness (QED) is 0.726.